The topological polar surface area (TPSA) is 62.0 Å². The molecule has 0 radical (unpaired) electrons. The highest BCUT2D eigenvalue weighted by Gasteiger charge is 2.32. The van der Waals surface area contributed by atoms with Crippen LogP contribution in [-0.2, 0) is 6.42 Å². The molecule has 2 aliphatic rings. The lowest BCUT2D eigenvalue weighted by Gasteiger charge is -2.31. The lowest BCUT2D eigenvalue weighted by molar-refractivity contribution is 0.324. The second-order valence-electron chi connectivity index (χ2n) is 9.52. The third-order valence-electron chi connectivity index (χ3n) is 7.18. The molecule has 8 heteroatoms. The SMILES string of the molecule is C=CCOc1c(Br)cc(/C=c2\sc3n(c2=O)[C@H](c2cccc(OC)c2)C2=C(N=3)c3ccccc3CC2)cc1OC. The van der Waals surface area contributed by atoms with Crippen LogP contribution in [0.5, 0.6) is 17.2 Å². The molecule has 0 saturated carbocycles. The Labute approximate surface area is 244 Å². The first-order chi connectivity index (χ1) is 19.5. The number of benzene rings is 3. The standard InChI is InChI=1S/C32H27BrN2O4S/c1-4-14-39-30-25(33)15-19(16-26(30)38-3)17-27-31(36)35-29(21-9-7-10-22(18-21)37-2)24-13-12-20-8-5-6-11-23(20)28(24)34-32(35)40-27/h4-11,15-18,29H,1,12-14H2,2-3H3/b27-17-/t29-/m1/s1. The number of fused-ring (bicyclic) bond motifs is 3. The van der Waals surface area contributed by atoms with Gasteiger partial charge in [-0.25, -0.2) is 4.99 Å². The largest absolute Gasteiger partial charge is 0.497 e. The van der Waals surface area contributed by atoms with E-state index in [1.165, 1.54) is 16.9 Å². The van der Waals surface area contributed by atoms with Gasteiger partial charge in [-0.2, -0.15) is 0 Å². The number of ether oxygens (including phenoxy) is 3. The molecule has 1 aromatic heterocycles. The van der Waals surface area contributed by atoms with E-state index in [2.05, 4.69) is 46.8 Å². The maximum absolute atomic E-state index is 14.1. The zero-order chi connectivity index (χ0) is 27.8. The van der Waals surface area contributed by atoms with Crippen molar-refractivity contribution >= 4 is 39.0 Å². The summed E-state index contributed by atoms with van der Waals surface area (Å²) < 4.78 is 20.1. The minimum absolute atomic E-state index is 0.0796. The quantitative estimate of drug-likeness (QED) is 0.252. The Hall–Kier alpha value is -3.88. The Bertz CT molecular complexity index is 1850. The van der Waals surface area contributed by atoms with Crippen molar-refractivity contribution in [1.82, 2.24) is 4.57 Å². The van der Waals surface area contributed by atoms with E-state index in [4.69, 9.17) is 19.2 Å². The molecule has 1 aliphatic heterocycles. The van der Waals surface area contributed by atoms with Crippen LogP contribution < -0.4 is 29.1 Å². The second kappa shape index (κ2) is 10.9. The average molecular weight is 616 g/mol. The van der Waals surface area contributed by atoms with Gasteiger partial charge in [0.1, 0.15) is 12.4 Å². The predicted molar refractivity (Wildman–Crippen MR) is 162 cm³/mol. The van der Waals surface area contributed by atoms with E-state index >= 15 is 0 Å². The maximum Gasteiger partial charge on any atom is 0.271 e. The summed E-state index contributed by atoms with van der Waals surface area (Å²) in [7, 11) is 3.25. The molecule has 3 aromatic carbocycles. The molecule has 6 nitrogen and oxygen atoms in total. The smallest absolute Gasteiger partial charge is 0.271 e. The van der Waals surface area contributed by atoms with Crippen molar-refractivity contribution in [2.24, 2.45) is 4.99 Å². The van der Waals surface area contributed by atoms with Crippen LogP contribution in [0.4, 0.5) is 0 Å². The van der Waals surface area contributed by atoms with Gasteiger partial charge in [0.2, 0.25) is 0 Å². The number of allylic oxidation sites excluding steroid dienone is 1. The van der Waals surface area contributed by atoms with Gasteiger partial charge in [-0.15, -0.1) is 0 Å². The molecular weight excluding hydrogens is 588 g/mol. The van der Waals surface area contributed by atoms with Crippen LogP contribution in [-0.4, -0.2) is 25.4 Å². The molecule has 202 valence electrons. The molecule has 40 heavy (non-hydrogen) atoms. The lowest BCUT2D eigenvalue weighted by Crippen LogP contribution is -2.38. The van der Waals surface area contributed by atoms with Crippen LogP contribution in [0, 0.1) is 0 Å². The average Bonchev–Trinajstić information content (AvgIpc) is 3.29. The zero-order valence-corrected chi connectivity index (χ0v) is 24.6. The van der Waals surface area contributed by atoms with E-state index in [1.807, 2.05) is 47.0 Å². The van der Waals surface area contributed by atoms with E-state index in [9.17, 15) is 4.79 Å². The van der Waals surface area contributed by atoms with E-state index in [1.54, 1.807) is 20.3 Å². The number of halogens is 1. The third-order valence-corrected chi connectivity index (χ3v) is 8.75. The summed E-state index contributed by atoms with van der Waals surface area (Å²) in [6.45, 7) is 4.06. The first-order valence-electron chi connectivity index (χ1n) is 12.9. The molecule has 0 spiro atoms. The van der Waals surface area contributed by atoms with Crippen molar-refractivity contribution in [2.75, 3.05) is 20.8 Å². The van der Waals surface area contributed by atoms with Gasteiger partial charge in [-0.3, -0.25) is 9.36 Å². The van der Waals surface area contributed by atoms with Crippen LogP contribution in [0.3, 0.4) is 0 Å². The highest BCUT2D eigenvalue weighted by Crippen LogP contribution is 2.42. The Morgan fingerprint density at radius 3 is 2.75 bits per heavy atom. The highest BCUT2D eigenvalue weighted by molar-refractivity contribution is 9.10. The molecule has 1 aliphatic carbocycles. The second-order valence-corrected chi connectivity index (χ2v) is 11.4. The Balaban J connectivity index is 1.56. The molecule has 0 unspecified atom stereocenters. The molecule has 0 N–H and O–H groups in total. The first-order valence-corrected chi connectivity index (χ1v) is 14.5. The summed E-state index contributed by atoms with van der Waals surface area (Å²) in [6, 6.07) is 19.9. The number of rotatable bonds is 7. The van der Waals surface area contributed by atoms with Gasteiger partial charge in [0, 0.05) is 5.56 Å². The van der Waals surface area contributed by atoms with Crippen molar-refractivity contribution in [1.29, 1.82) is 0 Å². The van der Waals surface area contributed by atoms with Gasteiger partial charge in [-0.05, 0) is 81.4 Å². The Morgan fingerprint density at radius 1 is 1.10 bits per heavy atom. The van der Waals surface area contributed by atoms with Crippen LogP contribution in [0.15, 0.2) is 93.2 Å². The Morgan fingerprint density at radius 2 is 1.95 bits per heavy atom. The fourth-order valence-corrected chi connectivity index (χ4v) is 6.97. The van der Waals surface area contributed by atoms with E-state index in [0.29, 0.717) is 27.4 Å². The van der Waals surface area contributed by atoms with Gasteiger partial charge in [-0.1, -0.05) is 60.4 Å². The number of hydrogen-bond donors (Lipinski definition) is 0. The summed E-state index contributed by atoms with van der Waals surface area (Å²) in [5, 5.41) is 0. The molecule has 6 rings (SSSR count). The lowest BCUT2D eigenvalue weighted by atomic mass is 9.83. The van der Waals surface area contributed by atoms with Crippen molar-refractivity contribution in [2.45, 2.75) is 18.9 Å². The van der Waals surface area contributed by atoms with Crippen molar-refractivity contribution < 1.29 is 14.2 Å². The zero-order valence-electron chi connectivity index (χ0n) is 22.1. The Kier molecular flexibility index (Phi) is 7.21. The van der Waals surface area contributed by atoms with E-state index in [0.717, 1.165) is 51.0 Å². The normalized spacial score (nSPS) is 16.0. The van der Waals surface area contributed by atoms with Gasteiger partial charge in [0.15, 0.2) is 16.3 Å². The van der Waals surface area contributed by atoms with Crippen molar-refractivity contribution in [3.63, 3.8) is 0 Å². The number of aryl methyl sites for hydroxylation is 1. The summed E-state index contributed by atoms with van der Waals surface area (Å²) in [6.07, 6.45) is 5.30. The molecule has 0 bridgehead atoms. The van der Waals surface area contributed by atoms with Crippen LogP contribution >= 0.6 is 27.3 Å². The van der Waals surface area contributed by atoms with E-state index in [-0.39, 0.29) is 11.6 Å². The highest BCUT2D eigenvalue weighted by atomic mass is 79.9. The van der Waals surface area contributed by atoms with E-state index < -0.39 is 0 Å². The minimum atomic E-state index is -0.271. The molecular formula is C32H27BrN2O4S. The van der Waals surface area contributed by atoms with Gasteiger partial charge >= 0.3 is 0 Å². The summed E-state index contributed by atoms with van der Waals surface area (Å²) in [5.41, 5.74) is 6.27. The third kappa shape index (κ3) is 4.61. The molecule has 0 fully saturated rings. The molecule has 2 heterocycles. The van der Waals surface area contributed by atoms with Crippen LogP contribution in [0.1, 0.15) is 34.7 Å². The fraction of sp³-hybridized carbons (Fsp3) is 0.188. The molecule has 4 aromatic rings. The number of methoxy groups -OCH3 is 2. The summed E-state index contributed by atoms with van der Waals surface area (Å²) in [5.74, 6) is 1.91. The molecule has 1 atom stereocenters. The van der Waals surface area contributed by atoms with Gasteiger partial charge in [0.05, 0.1) is 35.0 Å². The van der Waals surface area contributed by atoms with Crippen LogP contribution in [0.25, 0.3) is 11.8 Å². The minimum Gasteiger partial charge on any atom is -0.497 e. The maximum atomic E-state index is 14.1. The first kappa shape index (κ1) is 26.3. The van der Waals surface area contributed by atoms with Crippen LogP contribution in [0.2, 0.25) is 0 Å². The summed E-state index contributed by atoms with van der Waals surface area (Å²) in [4.78, 5) is 19.8. The predicted octanol–water partition coefficient (Wildman–Crippen LogP) is 5.66. The molecule has 0 saturated heterocycles. The monoisotopic (exact) mass is 614 g/mol. The number of aromatic nitrogens is 1. The fourth-order valence-electron chi connectivity index (χ4n) is 5.39. The summed E-state index contributed by atoms with van der Waals surface area (Å²) >= 11 is 4.99. The van der Waals surface area contributed by atoms with Crippen molar-refractivity contribution in [3.8, 4) is 17.2 Å². The number of hydrogen-bond acceptors (Lipinski definition) is 6. The van der Waals surface area contributed by atoms with Gasteiger partial charge < -0.3 is 14.2 Å². The van der Waals surface area contributed by atoms with Crippen molar-refractivity contribution in [3.05, 3.63) is 125 Å². The molecule has 0 amide bonds. The number of thiazole rings is 1. The van der Waals surface area contributed by atoms with Gasteiger partial charge in [0.25, 0.3) is 5.56 Å². The number of nitrogens with zero attached hydrogens (tertiary/aromatic N) is 2.